The molecule has 27 heavy (non-hydrogen) atoms. The molecule has 1 aliphatic heterocycles. The van der Waals surface area contributed by atoms with Crippen LogP contribution >= 0.6 is 0 Å². The number of carbonyl (C=O) groups is 1. The van der Waals surface area contributed by atoms with Gasteiger partial charge < -0.3 is 15.0 Å². The van der Waals surface area contributed by atoms with Gasteiger partial charge in [0.1, 0.15) is 5.69 Å². The fourth-order valence-corrected chi connectivity index (χ4v) is 4.95. The highest BCUT2D eigenvalue weighted by Gasteiger charge is 2.32. The molecule has 2 fully saturated rings. The molecule has 1 aromatic carbocycles. The molecule has 1 aromatic heterocycles. The van der Waals surface area contributed by atoms with E-state index in [0.29, 0.717) is 0 Å². The van der Waals surface area contributed by atoms with Crippen LogP contribution in [-0.4, -0.2) is 64.1 Å². The Morgan fingerprint density at radius 1 is 1.04 bits per heavy atom. The Hall–Kier alpha value is -1.85. The number of hydrogen-bond donors (Lipinski definition) is 2. The summed E-state index contributed by atoms with van der Waals surface area (Å²) in [6.07, 6.45) is 4.12. The first kappa shape index (κ1) is 18.5. The summed E-state index contributed by atoms with van der Waals surface area (Å²) in [5.41, 5.74) is 5.25. The number of nitrogens with one attached hydrogen (secondary N) is 1. The van der Waals surface area contributed by atoms with E-state index >= 15 is 0 Å². The Balaban J connectivity index is 1.50. The molecule has 2 aliphatic rings. The van der Waals surface area contributed by atoms with Crippen LogP contribution < -0.4 is 0 Å². The van der Waals surface area contributed by atoms with Crippen molar-refractivity contribution in [3.8, 4) is 0 Å². The molecule has 0 unspecified atom stereocenters. The highest BCUT2D eigenvalue weighted by Crippen LogP contribution is 2.29. The zero-order chi connectivity index (χ0) is 19.1. The van der Waals surface area contributed by atoms with Crippen molar-refractivity contribution in [2.24, 2.45) is 0 Å². The quantitative estimate of drug-likeness (QED) is 0.855. The third-order valence-corrected chi connectivity index (χ3v) is 6.60. The number of piperazine rings is 1. The number of amides is 1. The molecule has 0 radical (unpaired) electrons. The summed E-state index contributed by atoms with van der Waals surface area (Å²) in [5.74, 6) is 0.103. The van der Waals surface area contributed by atoms with Gasteiger partial charge in [-0.2, -0.15) is 0 Å². The second kappa shape index (κ2) is 7.28. The number of benzene rings is 1. The molecule has 0 spiro atoms. The summed E-state index contributed by atoms with van der Waals surface area (Å²) in [7, 11) is 0. The Bertz CT molecular complexity index is 849. The Morgan fingerprint density at radius 2 is 1.70 bits per heavy atom. The number of aromatic nitrogens is 1. The lowest BCUT2D eigenvalue weighted by atomic mass is 9.91. The summed E-state index contributed by atoms with van der Waals surface area (Å²) in [6, 6.07) is 4.51. The fraction of sp³-hybridized carbons (Fsp3) is 0.591. The molecule has 1 saturated heterocycles. The van der Waals surface area contributed by atoms with E-state index < -0.39 is 0 Å². The number of nitrogens with zero attached hydrogens (tertiary/aromatic N) is 2. The van der Waals surface area contributed by atoms with Crippen LogP contribution in [0.15, 0.2) is 12.1 Å². The van der Waals surface area contributed by atoms with Gasteiger partial charge >= 0.3 is 0 Å². The largest absolute Gasteiger partial charge is 0.391 e. The van der Waals surface area contributed by atoms with Gasteiger partial charge in [0.05, 0.1) is 6.10 Å². The van der Waals surface area contributed by atoms with Crippen molar-refractivity contribution < 1.29 is 9.90 Å². The van der Waals surface area contributed by atoms with Gasteiger partial charge in [-0.05, 0) is 50.3 Å². The van der Waals surface area contributed by atoms with E-state index in [0.717, 1.165) is 62.2 Å². The van der Waals surface area contributed by atoms with Crippen molar-refractivity contribution in [3.05, 3.63) is 34.5 Å². The van der Waals surface area contributed by atoms with E-state index in [1.165, 1.54) is 22.9 Å². The minimum atomic E-state index is -0.206. The van der Waals surface area contributed by atoms with Crippen molar-refractivity contribution in [3.63, 3.8) is 0 Å². The van der Waals surface area contributed by atoms with Crippen LogP contribution in [0.4, 0.5) is 0 Å². The van der Waals surface area contributed by atoms with E-state index in [9.17, 15) is 9.90 Å². The maximum absolute atomic E-state index is 13.2. The van der Waals surface area contributed by atoms with Gasteiger partial charge in [0.25, 0.3) is 5.91 Å². The van der Waals surface area contributed by atoms with E-state index in [4.69, 9.17) is 0 Å². The topological polar surface area (TPSA) is 59.6 Å². The molecule has 1 aliphatic carbocycles. The lowest BCUT2D eigenvalue weighted by Crippen LogP contribution is -2.55. The number of aromatic amines is 1. The van der Waals surface area contributed by atoms with Crippen LogP contribution in [-0.2, 0) is 0 Å². The predicted octanol–water partition coefficient (Wildman–Crippen LogP) is 3.15. The monoisotopic (exact) mass is 369 g/mol. The van der Waals surface area contributed by atoms with Gasteiger partial charge in [0.2, 0.25) is 0 Å². The van der Waals surface area contributed by atoms with E-state index in [1.807, 2.05) is 11.8 Å². The number of aliphatic hydroxyl groups excluding tert-OH is 1. The molecule has 2 atom stereocenters. The van der Waals surface area contributed by atoms with Crippen molar-refractivity contribution in [2.45, 2.75) is 58.6 Å². The molecule has 5 nitrogen and oxygen atoms in total. The molecule has 2 N–H and O–H groups in total. The van der Waals surface area contributed by atoms with Crippen LogP contribution in [0.2, 0.25) is 0 Å². The van der Waals surface area contributed by atoms with Crippen LogP contribution in [0.5, 0.6) is 0 Å². The van der Waals surface area contributed by atoms with Gasteiger partial charge in [-0.15, -0.1) is 0 Å². The lowest BCUT2D eigenvalue weighted by Gasteiger charge is -2.42. The zero-order valence-electron chi connectivity index (χ0n) is 16.7. The summed E-state index contributed by atoms with van der Waals surface area (Å²) < 4.78 is 0. The molecular weight excluding hydrogens is 338 g/mol. The minimum absolute atomic E-state index is 0.103. The molecule has 2 aromatic rings. The molecule has 2 heterocycles. The normalized spacial score (nSPS) is 24.5. The number of carbonyl (C=O) groups excluding carboxylic acids is 1. The third kappa shape index (κ3) is 3.27. The number of aliphatic hydroxyl groups is 1. The lowest BCUT2D eigenvalue weighted by molar-refractivity contribution is -0.00182. The first-order valence-corrected chi connectivity index (χ1v) is 10.3. The Kier molecular flexibility index (Phi) is 4.99. The van der Waals surface area contributed by atoms with Crippen LogP contribution in [0.1, 0.15) is 52.9 Å². The van der Waals surface area contributed by atoms with Gasteiger partial charge in [-0.3, -0.25) is 9.69 Å². The molecular formula is C22H31N3O2. The summed E-state index contributed by atoms with van der Waals surface area (Å²) >= 11 is 0. The average molecular weight is 370 g/mol. The summed E-state index contributed by atoms with van der Waals surface area (Å²) in [4.78, 5) is 20.9. The van der Waals surface area contributed by atoms with Crippen LogP contribution in [0, 0.1) is 20.8 Å². The van der Waals surface area contributed by atoms with Crippen molar-refractivity contribution in [1.82, 2.24) is 14.8 Å². The maximum Gasteiger partial charge on any atom is 0.270 e. The van der Waals surface area contributed by atoms with Gasteiger partial charge in [-0.25, -0.2) is 0 Å². The Morgan fingerprint density at radius 3 is 2.37 bits per heavy atom. The molecule has 146 valence electrons. The average Bonchev–Trinajstić information content (AvgIpc) is 3.03. The smallest absolute Gasteiger partial charge is 0.270 e. The van der Waals surface area contributed by atoms with E-state index in [2.05, 4.69) is 35.9 Å². The van der Waals surface area contributed by atoms with Gasteiger partial charge in [0.15, 0.2) is 0 Å². The first-order chi connectivity index (χ1) is 13.0. The van der Waals surface area contributed by atoms with Crippen LogP contribution in [0.3, 0.4) is 0 Å². The molecule has 4 rings (SSSR count). The summed E-state index contributed by atoms with van der Waals surface area (Å²) in [6.45, 7) is 9.40. The molecule has 5 heteroatoms. The van der Waals surface area contributed by atoms with Crippen molar-refractivity contribution in [1.29, 1.82) is 0 Å². The summed E-state index contributed by atoms with van der Waals surface area (Å²) in [5, 5.41) is 11.5. The molecule has 1 amide bonds. The maximum atomic E-state index is 13.2. The minimum Gasteiger partial charge on any atom is -0.391 e. The SMILES string of the molecule is Cc1ccc(C)c2c(C)c(C(=O)N3CCN([C@@H]4CCCC[C@H]4O)CC3)[nH]c12. The van der Waals surface area contributed by atoms with Crippen LogP contribution in [0.25, 0.3) is 10.9 Å². The van der Waals surface area contributed by atoms with E-state index in [-0.39, 0.29) is 18.1 Å². The number of rotatable bonds is 2. The number of H-pyrrole nitrogens is 1. The standard InChI is InChI=1S/C22H31N3O2/c1-14-8-9-15(2)20-19(14)16(3)21(23-20)22(27)25-12-10-24(11-13-25)17-6-4-5-7-18(17)26/h8-9,17-18,23,26H,4-7,10-13H2,1-3H3/t17-,18-/m1/s1. The molecule has 1 saturated carbocycles. The first-order valence-electron chi connectivity index (χ1n) is 10.3. The number of fused-ring (bicyclic) bond motifs is 1. The highest BCUT2D eigenvalue weighted by atomic mass is 16.3. The van der Waals surface area contributed by atoms with Gasteiger partial charge in [0, 0.05) is 43.1 Å². The second-order valence-electron chi connectivity index (χ2n) is 8.32. The van der Waals surface area contributed by atoms with Gasteiger partial charge in [-0.1, -0.05) is 25.0 Å². The number of hydrogen-bond acceptors (Lipinski definition) is 3. The zero-order valence-corrected chi connectivity index (χ0v) is 16.7. The van der Waals surface area contributed by atoms with Crippen molar-refractivity contribution >= 4 is 16.8 Å². The number of aryl methyl sites for hydroxylation is 3. The third-order valence-electron chi connectivity index (χ3n) is 6.60. The second-order valence-corrected chi connectivity index (χ2v) is 8.32. The Labute approximate surface area is 161 Å². The van der Waals surface area contributed by atoms with Crippen molar-refractivity contribution in [2.75, 3.05) is 26.2 Å². The fourth-order valence-electron chi connectivity index (χ4n) is 4.95. The van der Waals surface area contributed by atoms with E-state index in [1.54, 1.807) is 0 Å². The molecule has 0 bridgehead atoms. The highest BCUT2D eigenvalue weighted by molar-refractivity contribution is 6.02. The predicted molar refractivity (Wildman–Crippen MR) is 108 cm³/mol.